The maximum atomic E-state index is 12.8. The molecule has 0 fully saturated rings. The van der Waals surface area contributed by atoms with E-state index in [0.717, 1.165) is 21.4 Å². The lowest BCUT2D eigenvalue weighted by atomic mass is 10.1. The summed E-state index contributed by atoms with van der Waals surface area (Å²) in [5, 5.41) is 7.75. The number of methoxy groups -OCH3 is 2. The molecule has 0 bridgehead atoms. The van der Waals surface area contributed by atoms with Crippen LogP contribution < -0.4 is 20.1 Å². The summed E-state index contributed by atoms with van der Waals surface area (Å²) in [7, 11) is 3.07. The van der Waals surface area contributed by atoms with Crippen molar-refractivity contribution in [2.24, 2.45) is 0 Å². The first-order chi connectivity index (χ1) is 17.0. The van der Waals surface area contributed by atoms with Crippen LogP contribution in [0.1, 0.15) is 17.3 Å². The number of thioether (sulfide) groups is 1. The number of amides is 2. The molecule has 4 rings (SSSR count). The van der Waals surface area contributed by atoms with Crippen molar-refractivity contribution in [2.75, 3.05) is 24.9 Å². The van der Waals surface area contributed by atoms with Gasteiger partial charge in [-0.25, -0.2) is 0 Å². The molecule has 0 radical (unpaired) electrons. The summed E-state index contributed by atoms with van der Waals surface area (Å²) in [5.74, 6) is 0.675. The fraction of sp³-hybridized carbons (Fsp3) is 0.143. The summed E-state index contributed by atoms with van der Waals surface area (Å²) in [4.78, 5) is 26.4. The van der Waals surface area contributed by atoms with Crippen LogP contribution >= 0.6 is 11.8 Å². The van der Waals surface area contributed by atoms with Crippen molar-refractivity contribution < 1.29 is 19.1 Å². The minimum absolute atomic E-state index is 0.0925. The van der Waals surface area contributed by atoms with Gasteiger partial charge in [0.2, 0.25) is 5.91 Å². The molecule has 0 aromatic heterocycles. The van der Waals surface area contributed by atoms with Crippen LogP contribution in [0.5, 0.6) is 11.5 Å². The SMILES string of the molecule is COc1ccc(C(=O)Nc2cccc(SC(C)C(=O)Nc3ccc4ccccc4c3)c2)cc1OC. The summed E-state index contributed by atoms with van der Waals surface area (Å²) in [6, 6.07) is 26.3. The Morgan fingerprint density at radius 1 is 0.743 bits per heavy atom. The third kappa shape index (κ3) is 5.94. The summed E-state index contributed by atoms with van der Waals surface area (Å²) in [6.07, 6.45) is 0. The summed E-state index contributed by atoms with van der Waals surface area (Å²) >= 11 is 1.42. The minimum atomic E-state index is -0.335. The van der Waals surface area contributed by atoms with Gasteiger partial charge in [0.25, 0.3) is 5.91 Å². The fourth-order valence-electron chi connectivity index (χ4n) is 3.60. The summed E-state index contributed by atoms with van der Waals surface area (Å²) < 4.78 is 10.5. The first kappa shape index (κ1) is 24.2. The normalized spacial score (nSPS) is 11.5. The molecule has 0 spiro atoms. The first-order valence-corrected chi connectivity index (χ1v) is 11.9. The zero-order chi connectivity index (χ0) is 24.8. The molecule has 0 aliphatic heterocycles. The number of carbonyl (C=O) groups is 2. The Hall–Kier alpha value is -3.97. The van der Waals surface area contributed by atoms with Gasteiger partial charge in [-0.1, -0.05) is 36.4 Å². The van der Waals surface area contributed by atoms with E-state index in [4.69, 9.17) is 9.47 Å². The van der Waals surface area contributed by atoms with Crippen molar-refractivity contribution in [3.8, 4) is 11.5 Å². The van der Waals surface area contributed by atoms with Crippen LogP contribution in [0.25, 0.3) is 10.8 Å². The first-order valence-electron chi connectivity index (χ1n) is 11.1. The maximum absolute atomic E-state index is 12.8. The lowest BCUT2D eigenvalue weighted by Crippen LogP contribution is -2.22. The van der Waals surface area contributed by atoms with E-state index in [2.05, 4.69) is 10.6 Å². The van der Waals surface area contributed by atoms with Gasteiger partial charge < -0.3 is 20.1 Å². The highest BCUT2D eigenvalue weighted by Gasteiger charge is 2.16. The maximum Gasteiger partial charge on any atom is 0.255 e. The third-order valence-corrected chi connectivity index (χ3v) is 6.53. The molecule has 0 aliphatic rings. The number of anilines is 2. The monoisotopic (exact) mass is 486 g/mol. The number of ether oxygens (including phenoxy) is 2. The van der Waals surface area contributed by atoms with E-state index in [-0.39, 0.29) is 17.1 Å². The molecule has 1 atom stereocenters. The van der Waals surface area contributed by atoms with Crippen molar-refractivity contribution in [3.63, 3.8) is 0 Å². The Balaban J connectivity index is 1.39. The summed E-state index contributed by atoms with van der Waals surface area (Å²) in [5.41, 5.74) is 1.85. The Labute approximate surface area is 208 Å². The van der Waals surface area contributed by atoms with Crippen molar-refractivity contribution in [2.45, 2.75) is 17.1 Å². The van der Waals surface area contributed by atoms with Crippen molar-refractivity contribution in [3.05, 3.63) is 90.5 Å². The molecule has 0 heterocycles. The average Bonchev–Trinajstić information content (AvgIpc) is 2.88. The topological polar surface area (TPSA) is 76.7 Å². The van der Waals surface area contributed by atoms with Crippen LogP contribution in [0.2, 0.25) is 0 Å². The number of fused-ring (bicyclic) bond motifs is 1. The number of nitrogens with one attached hydrogen (secondary N) is 2. The molecular formula is C28H26N2O4S. The molecule has 2 N–H and O–H groups in total. The molecule has 1 unspecified atom stereocenters. The van der Waals surface area contributed by atoms with E-state index in [1.807, 2.05) is 73.7 Å². The highest BCUT2D eigenvalue weighted by atomic mass is 32.2. The van der Waals surface area contributed by atoms with E-state index in [1.165, 1.54) is 18.9 Å². The standard InChI is InChI=1S/C28H26N2O4S/c1-18(27(31)29-23-13-11-19-7-4-5-8-20(19)15-23)35-24-10-6-9-22(17-24)30-28(32)21-12-14-25(33-2)26(16-21)34-3/h4-18H,1-3H3,(H,29,31)(H,30,32). The van der Waals surface area contributed by atoms with Gasteiger partial charge in [0.15, 0.2) is 11.5 Å². The fourth-order valence-corrected chi connectivity index (χ4v) is 4.52. The Morgan fingerprint density at radius 3 is 2.26 bits per heavy atom. The minimum Gasteiger partial charge on any atom is -0.493 e. The highest BCUT2D eigenvalue weighted by Crippen LogP contribution is 2.29. The van der Waals surface area contributed by atoms with E-state index in [0.29, 0.717) is 22.7 Å². The third-order valence-electron chi connectivity index (χ3n) is 5.44. The predicted molar refractivity (Wildman–Crippen MR) is 142 cm³/mol. The van der Waals surface area contributed by atoms with Crippen LogP contribution in [-0.2, 0) is 4.79 Å². The molecule has 7 heteroatoms. The number of carbonyl (C=O) groups excluding carboxylic acids is 2. The number of benzene rings is 4. The van der Waals surface area contributed by atoms with Crippen LogP contribution in [0.3, 0.4) is 0 Å². The summed E-state index contributed by atoms with van der Waals surface area (Å²) in [6.45, 7) is 1.86. The van der Waals surface area contributed by atoms with Gasteiger partial charge in [-0.15, -0.1) is 11.8 Å². The average molecular weight is 487 g/mol. The lowest BCUT2D eigenvalue weighted by Gasteiger charge is -2.14. The molecule has 0 saturated heterocycles. The molecule has 0 saturated carbocycles. The Morgan fingerprint density at radius 2 is 1.49 bits per heavy atom. The smallest absolute Gasteiger partial charge is 0.255 e. The van der Waals surface area contributed by atoms with Crippen LogP contribution in [0.15, 0.2) is 89.8 Å². The van der Waals surface area contributed by atoms with Crippen LogP contribution in [-0.4, -0.2) is 31.3 Å². The van der Waals surface area contributed by atoms with E-state index >= 15 is 0 Å². The zero-order valence-electron chi connectivity index (χ0n) is 19.7. The van der Waals surface area contributed by atoms with Crippen molar-refractivity contribution >= 4 is 45.7 Å². The van der Waals surface area contributed by atoms with Crippen LogP contribution in [0, 0.1) is 0 Å². The van der Waals surface area contributed by atoms with Gasteiger partial charge in [0.1, 0.15) is 0 Å². The predicted octanol–water partition coefficient (Wildman–Crippen LogP) is 6.23. The number of hydrogen-bond acceptors (Lipinski definition) is 5. The quantitative estimate of drug-likeness (QED) is 0.289. The molecule has 4 aromatic rings. The van der Waals surface area contributed by atoms with Gasteiger partial charge >= 0.3 is 0 Å². The van der Waals surface area contributed by atoms with E-state index < -0.39 is 0 Å². The highest BCUT2D eigenvalue weighted by molar-refractivity contribution is 8.00. The largest absolute Gasteiger partial charge is 0.493 e. The molecule has 178 valence electrons. The van der Waals surface area contributed by atoms with Gasteiger partial charge in [-0.2, -0.15) is 0 Å². The van der Waals surface area contributed by atoms with E-state index in [9.17, 15) is 9.59 Å². The van der Waals surface area contributed by atoms with Crippen molar-refractivity contribution in [1.82, 2.24) is 0 Å². The van der Waals surface area contributed by atoms with Crippen molar-refractivity contribution in [1.29, 1.82) is 0 Å². The molecule has 4 aromatic carbocycles. The molecular weight excluding hydrogens is 460 g/mol. The second-order valence-electron chi connectivity index (χ2n) is 7.86. The zero-order valence-corrected chi connectivity index (χ0v) is 20.5. The lowest BCUT2D eigenvalue weighted by molar-refractivity contribution is -0.115. The van der Waals surface area contributed by atoms with Crippen LogP contribution in [0.4, 0.5) is 11.4 Å². The second-order valence-corrected chi connectivity index (χ2v) is 9.28. The Bertz CT molecular complexity index is 1370. The second kappa shape index (κ2) is 11.0. The van der Waals surface area contributed by atoms with Gasteiger partial charge in [0.05, 0.1) is 19.5 Å². The number of rotatable bonds is 8. The Kier molecular flexibility index (Phi) is 7.57. The molecule has 0 aliphatic carbocycles. The molecule has 35 heavy (non-hydrogen) atoms. The number of hydrogen-bond donors (Lipinski definition) is 2. The van der Waals surface area contributed by atoms with Gasteiger partial charge in [0, 0.05) is 21.8 Å². The molecule has 2 amide bonds. The molecule has 6 nitrogen and oxygen atoms in total. The van der Waals surface area contributed by atoms with Gasteiger partial charge in [-0.05, 0) is 66.2 Å². The van der Waals surface area contributed by atoms with E-state index in [1.54, 1.807) is 25.3 Å². The van der Waals surface area contributed by atoms with Gasteiger partial charge in [-0.3, -0.25) is 9.59 Å².